The number of nitrogens with two attached hydrogens (primary N) is 1. The van der Waals surface area contributed by atoms with Gasteiger partial charge in [-0.05, 0) is 52.3 Å². The summed E-state index contributed by atoms with van der Waals surface area (Å²) in [6.45, 7) is 0. The number of hydrogen-bond acceptors (Lipinski definition) is 5. The number of carbonyl (C=O) groups excluding carboxylic acids is 1. The number of rotatable bonds is 6. The number of hydrogen-bond donors (Lipinski definition) is 2. The molecule has 4 rings (SSSR count). The summed E-state index contributed by atoms with van der Waals surface area (Å²) in [5.74, 6) is 1.42. The van der Waals surface area contributed by atoms with Gasteiger partial charge in [-0.1, -0.05) is 11.6 Å². The predicted octanol–water partition coefficient (Wildman–Crippen LogP) is 4.95. The van der Waals surface area contributed by atoms with E-state index in [0.29, 0.717) is 28.2 Å². The Labute approximate surface area is 186 Å². The van der Waals surface area contributed by atoms with Crippen molar-refractivity contribution in [3.8, 4) is 11.5 Å². The molecule has 7 nitrogen and oxygen atoms in total. The molecule has 0 aliphatic heterocycles. The highest BCUT2D eigenvalue weighted by Gasteiger charge is 2.11. The van der Waals surface area contributed by atoms with Crippen molar-refractivity contribution in [2.45, 2.75) is 6.42 Å². The van der Waals surface area contributed by atoms with Crippen LogP contribution in [0.25, 0.3) is 11.0 Å². The first-order chi connectivity index (χ1) is 14.4. The summed E-state index contributed by atoms with van der Waals surface area (Å²) in [4.78, 5) is 19.9. The molecule has 0 fully saturated rings. The van der Waals surface area contributed by atoms with Crippen molar-refractivity contribution in [3.05, 3.63) is 69.9 Å². The van der Waals surface area contributed by atoms with E-state index in [4.69, 9.17) is 22.1 Å². The third-order valence-electron chi connectivity index (χ3n) is 4.41. The number of imidazole rings is 1. The van der Waals surface area contributed by atoms with E-state index in [1.165, 1.54) is 0 Å². The molecular weight excluding hydrogens is 470 g/mol. The van der Waals surface area contributed by atoms with Crippen LogP contribution in [0.3, 0.4) is 0 Å². The number of nitrogens with one attached hydrogen (secondary N) is 1. The van der Waals surface area contributed by atoms with Gasteiger partial charge in [0.25, 0.3) is 0 Å². The number of carbonyl (C=O) groups is 1. The number of aromatic nitrogens is 3. The maximum Gasteiger partial charge on any atom is 0.223 e. The van der Waals surface area contributed by atoms with Gasteiger partial charge >= 0.3 is 0 Å². The number of fused-ring (bicyclic) bond motifs is 1. The summed E-state index contributed by atoms with van der Waals surface area (Å²) in [6, 6.07) is 14.7. The molecule has 9 heteroatoms. The fourth-order valence-electron chi connectivity index (χ4n) is 2.99. The fourth-order valence-corrected chi connectivity index (χ4v) is 3.42. The SMILES string of the molecule is Cn1c(Nc2ccc(Br)c(Cl)c2)nc2cc(Oc3ccnc(CC(N)=O)c3)ccc21. The lowest BCUT2D eigenvalue weighted by atomic mass is 10.2. The zero-order chi connectivity index (χ0) is 21.3. The largest absolute Gasteiger partial charge is 0.457 e. The molecule has 2 heterocycles. The van der Waals surface area contributed by atoms with E-state index >= 15 is 0 Å². The molecule has 0 aliphatic carbocycles. The van der Waals surface area contributed by atoms with Crippen molar-refractivity contribution < 1.29 is 9.53 Å². The second-order valence-electron chi connectivity index (χ2n) is 6.63. The standard InChI is InChI=1S/C21H17BrClN5O2/c1-28-19-5-3-14(30-15-6-7-25-13(8-15)10-20(24)29)11-18(19)27-21(28)26-12-2-4-16(22)17(23)9-12/h2-9,11H,10H2,1H3,(H2,24,29)(H,26,27). The Morgan fingerprint density at radius 3 is 2.77 bits per heavy atom. The minimum absolute atomic E-state index is 0.0611. The van der Waals surface area contributed by atoms with E-state index in [-0.39, 0.29) is 6.42 Å². The van der Waals surface area contributed by atoms with Gasteiger partial charge in [-0.3, -0.25) is 9.78 Å². The molecule has 1 amide bonds. The van der Waals surface area contributed by atoms with Gasteiger partial charge < -0.3 is 20.4 Å². The molecule has 2 aromatic carbocycles. The van der Waals surface area contributed by atoms with Crippen LogP contribution in [0.5, 0.6) is 11.5 Å². The monoisotopic (exact) mass is 485 g/mol. The number of halogens is 2. The summed E-state index contributed by atoms with van der Waals surface area (Å²) in [6.07, 6.45) is 1.64. The van der Waals surface area contributed by atoms with Crippen molar-refractivity contribution in [2.24, 2.45) is 12.8 Å². The Bertz CT molecular complexity index is 1260. The van der Waals surface area contributed by atoms with Crippen LogP contribution >= 0.6 is 27.5 Å². The zero-order valence-electron chi connectivity index (χ0n) is 15.9. The quantitative estimate of drug-likeness (QED) is 0.402. The van der Waals surface area contributed by atoms with Crippen LogP contribution in [0, 0.1) is 0 Å². The number of benzene rings is 2. The van der Waals surface area contributed by atoms with Crippen molar-refractivity contribution >= 4 is 56.1 Å². The Morgan fingerprint density at radius 1 is 1.20 bits per heavy atom. The smallest absolute Gasteiger partial charge is 0.223 e. The van der Waals surface area contributed by atoms with Gasteiger partial charge in [-0.15, -0.1) is 0 Å². The number of nitrogens with zero attached hydrogens (tertiary/aromatic N) is 3. The normalized spacial score (nSPS) is 10.9. The molecule has 0 bridgehead atoms. The maximum absolute atomic E-state index is 11.1. The van der Waals surface area contributed by atoms with Gasteiger partial charge in [0, 0.05) is 35.5 Å². The first-order valence-corrected chi connectivity index (χ1v) is 10.2. The lowest BCUT2D eigenvalue weighted by Crippen LogP contribution is -2.14. The van der Waals surface area contributed by atoms with Gasteiger partial charge in [0.15, 0.2) is 0 Å². The minimum atomic E-state index is -0.443. The first-order valence-electron chi connectivity index (χ1n) is 8.98. The number of ether oxygens (including phenoxy) is 1. The molecule has 0 atom stereocenters. The average Bonchev–Trinajstić information content (AvgIpc) is 2.99. The summed E-state index contributed by atoms with van der Waals surface area (Å²) in [5.41, 5.74) is 8.33. The molecule has 4 aromatic rings. The van der Waals surface area contributed by atoms with E-state index in [9.17, 15) is 4.79 Å². The summed E-state index contributed by atoms with van der Waals surface area (Å²) >= 11 is 9.56. The van der Waals surface area contributed by atoms with Crippen molar-refractivity contribution in [1.82, 2.24) is 14.5 Å². The predicted molar refractivity (Wildman–Crippen MR) is 120 cm³/mol. The first kappa shape index (κ1) is 20.2. The van der Waals surface area contributed by atoms with Crippen molar-refractivity contribution in [2.75, 3.05) is 5.32 Å². The lowest BCUT2D eigenvalue weighted by molar-refractivity contribution is -0.117. The highest BCUT2D eigenvalue weighted by molar-refractivity contribution is 9.10. The Morgan fingerprint density at radius 2 is 2.00 bits per heavy atom. The second-order valence-corrected chi connectivity index (χ2v) is 7.89. The second kappa shape index (κ2) is 8.33. The third-order valence-corrected chi connectivity index (χ3v) is 5.64. The molecule has 0 aliphatic rings. The molecular formula is C21H17BrClN5O2. The number of anilines is 2. The Kier molecular flexibility index (Phi) is 5.61. The molecule has 2 aromatic heterocycles. The van der Waals surface area contributed by atoms with Gasteiger partial charge in [-0.25, -0.2) is 4.98 Å². The van der Waals surface area contributed by atoms with Gasteiger partial charge in [-0.2, -0.15) is 0 Å². The van der Waals surface area contributed by atoms with Crippen LogP contribution in [0.4, 0.5) is 11.6 Å². The molecule has 0 saturated carbocycles. The van der Waals surface area contributed by atoms with Crippen LogP contribution in [0.2, 0.25) is 5.02 Å². The fraction of sp³-hybridized carbons (Fsp3) is 0.0952. The molecule has 0 unspecified atom stereocenters. The number of primary amides is 1. The minimum Gasteiger partial charge on any atom is -0.457 e. The molecule has 152 valence electrons. The van der Waals surface area contributed by atoms with Gasteiger partial charge in [0.05, 0.1) is 28.2 Å². The van der Waals surface area contributed by atoms with Crippen LogP contribution in [0.1, 0.15) is 5.69 Å². The zero-order valence-corrected chi connectivity index (χ0v) is 18.2. The van der Waals surface area contributed by atoms with Gasteiger partial charge in [0.2, 0.25) is 11.9 Å². The average molecular weight is 487 g/mol. The van der Waals surface area contributed by atoms with E-state index in [1.807, 2.05) is 48.0 Å². The molecule has 0 radical (unpaired) electrons. The molecule has 0 saturated heterocycles. The van der Waals surface area contributed by atoms with Crippen LogP contribution < -0.4 is 15.8 Å². The highest BCUT2D eigenvalue weighted by Crippen LogP contribution is 2.30. The summed E-state index contributed by atoms with van der Waals surface area (Å²) < 4.78 is 8.70. The van der Waals surface area contributed by atoms with Crippen LogP contribution in [-0.4, -0.2) is 20.4 Å². The molecule has 30 heavy (non-hydrogen) atoms. The topological polar surface area (TPSA) is 95.1 Å². The Balaban J connectivity index is 1.59. The third kappa shape index (κ3) is 4.39. The maximum atomic E-state index is 11.1. The van der Waals surface area contributed by atoms with E-state index in [1.54, 1.807) is 18.3 Å². The number of aryl methyl sites for hydroxylation is 1. The van der Waals surface area contributed by atoms with Crippen molar-refractivity contribution in [3.63, 3.8) is 0 Å². The highest BCUT2D eigenvalue weighted by atomic mass is 79.9. The van der Waals surface area contributed by atoms with Crippen LogP contribution in [-0.2, 0) is 18.3 Å². The summed E-state index contributed by atoms with van der Waals surface area (Å²) in [5, 5.41) is 3.89. The number of amides is 1. The van der Waals surface area contributed by atoms with E-state index in [0.717, 1.165) is 21.2 Å². The summed E-state index contributed by atoms with van der Waals surface area (Å²) in [7, 11) is 1.93. The van der Waals surface area contributed by atoms with Crippen molar-refractivity contribution in [1.29, 1.82) is 0 Å². The van der Waals surface area contributed by atoms with E-state index in [2.05, 4.69) is 31.2 Å². The van der Waals surface area contributed by atoms with Crippen LogP contribution in [0.15, 0.2) is 59.2 Å². The number of pyridine rings is 1. The Hall–Kier alpha value is -3.10. The van der Waals surface area contributed by atoms with E-state index < -0.39 is 5.91 Å². The molecule has 3 N–H and O–H groups in total. The molecule has 0 spiro atoms. The van der Waals surface area contributed by atoms with Gasteiger partial charge in [0.1, 0.15) is 11.5 Å². The lowest BCUT2D eigenvalue weighted by Gasteiger charge is -2.07.